The summed E-state index contributed by atoms with van der Waals surface area (Å²) in [5, 5.41) is 0. The Balaban J connectivity index is 3.52. The van der Waals surface area contributed by atoms with Gasteiger partial charge >= 0.3 is 0 Å². The molecule has 0 saturated heterocycles. The lowest BCUT2D eigenvalue weighted by atomic mass is 10.2. The fourth-order valence-corrected chi connectivity index (χ4v) is 0.682. The fraction of sp³-hybridized carbons (Fsp3) is 1.00. The molecule has 0 heterocycles. The molecule has 0 spiro atoms. The summed E-state index contributed by atoms with van der Waals surface area (Å²) >= 11 is 0. The van der Waals surface area contributed by atoms with Crippen LogP contribution in [-0.4, -0.2) is 10.8 Å². The van der Waals surface area contributed by atoms with Crippen molar-refractivity contribution in [2.75, 3.05) is 0 Å². The summed E-state index contributed by atoms with van der Waals surface area (Å²) in [4.78, 5) is 1.03. The zero-order valence-electron chi connectivity index (χ0n) is 5.52. The quantitative estimate of drug-likeness (QED) is 0.246. The molecule has 0 bridgehead atoms. The number of hydrogen-bond donors (Lipinski definition) is 2. The lowest BCUT2D eigenvalue weighted by molar-refractivity contribution is -0.660. The summed E-state index contributed by atoms with van der Waals surface area (Å²) in [6.45, 7) is 4.06. The minimum absolute atomic E-state index is 0.231. The predicted molar refractivity (Wildman–Crippen MR) is 31.5 cm³/mol. The topological polar surface area (TPSA) is 52.9 Å². The molecule has 0 unspecified atom stereocenters. The van der Waals surface area contributed by atoms with Gasteiger partial charge < -0.3 is 0 Å². The lowest BCUT2D eigenvalue weighted by Crippen LogP contribution is -2.28. The summed E-state index contributed by atoms with van der Waals surface area (Å²) < 4.78 is 0. The lowest BCUT2D eigenvalue weighted by Gasteiger charge is -1.99. The van der Waals surface area contributed by atoms with Crippen LogP contribution in [0.5, 0.6) is 0 Å². The van der Waals surface area contributed by atoms with Crippen LogP contribution in [0.15, 0.2) is 0 Å². The molecular weight excluding hydrogens is 102 g/mol. The van der Waals surface area contributed by atoms with Crippen LogP contribution in [0.25, 0.3) is 0 Å². The summed E-state index contributed by atoms with van der Waals surface area (Å²) in [7, 11) is 0. The Hall–Kier alpha value is -0.600. The maximum atomic E-state index is 6.95. The van der Waals surface area contributed by atoms with Crippen molar-refractivity contribution in [1.29, 1.82) is 5.53 Å². The summed E-state index contributed by atoms with van der Waals surface area (Å²) in [6.07, 6.45) is 1.91. The second-order valence-electron chi connectivity index (χ2n) is 1.88. The highest BCUT2D eigenvalue weighted by molar-refractivity contribution is 4.43. The van der Waals surface area contributed by atoms with E-state index in [2.05, 4.69) is 0 Å². The van der Waals surface area contributed by atoms with E-state index in [4.69, 9.17) is 11.4 Å². The Morgan fingerprint density at radius 1 is 1.50 bits per heavy atom. The van der Waals surface area contributed by atoms with Crippen molar-refractivity contribution in [3.8, 4) is 0 Å². The highest BCUT2D eigenvalue weighted by Gasteiger charge is 2.12. The molecular formula is C5H14N3+. The molecule has 0 saturated carbocycles. The Morgan fingerprint density at radius 2 is 1.88 bits per heavy atom. The predicted octanol–water partition coefficient (Wildman–Crippen LogP) is 1.09. The zero-order chi connectivity index (χ0) is 6.57. The Kier molecular flexibility index (Phi) is 3.15. The average Bonchev–Trinajstić information content (AvgIpc) is 1.69. The summed E-state index contributed by atoms with van der Waals surface area (Å²) in [5.41, 5.74) is 6.95. The highest BCUT2D eigenvalue weighted by atomic mass is 15.4. The number of nitrogens with zero attached hydrogens (tertiary/aromatic N) is 1. The van der Waals surface area contributed by atoms with Gasteiger partial charge in [-0.25, -0.2) is 0 Å². The maximum Gasteiger partial charge on any atom is 0.208 e. The average molecular weight is 116 g/mol. The van der Waals surface area contributed by atoms with Crippen molar-refractivity contribution in [2.24, 2.45) is 5.84 Å². The normalized spacial score (nSPS) is 9.88. The second-order valence-corrected chi connectivity index (χ2v) is 1.88. The molecule has 3 heteroatoms. The molecule has 0 atom stereocenters. The molecule has 0 aromatic rings. The highest BCUT2D eigenvalue weighted by Crippen LogP contribution is 1.97. The Bertz CT molecular complexity index is 75.7. The van der Waals surface area contributed by atoms with Gasteiger partial charge in [0.1, 0.15) is 0 Å². The third-order valence-corrected chi connectivity index (χ3v) is 1.34. The van der Waals surface area contributed by atoms with E-state index in [-0.39, 0.29) is 6.04 Å². The van der Waals surface area contributed by atoms with Crippen LogP contribution in [0.1, 0.15) is 26.7 Å². The standard InChI is InChI=1S/C5H14N3/c1-3-5(4-2)8(6)7/h5H,3-4H2,1-2H3,(H3,6,7)/q+1. The van der Waals surface area contributed by atoms with Gasteiger partial charge in [0, 0.05) is 12.8 Å². The van der Waals surface area contributed by atoms with Crippen molar-refractivity contribution < 1.29 is 4.81 Å². The second kappa shape index (κ2) is 3.41. The van der Waals surface area contributed by atoms with Gasteiger partial charge in [0.25, 0.3) is 0 Å². The maximum absolute atomic E-state index is 6.95. The number of hydrogen-bond acceptors (Lipinski definition) is 1. The number of nitrogens with two attached hydrogens (primary N) is 1. The molecule has 0 amide bonds. The molecule has 0 rings (SSSR count). The molecule has 0 aliphatic carbocycles. The van der Waals surface area contributed by atoms with Crippen molar-refractivity contribution in [3.05, 3.63) is 0 Å². The molecule has 8 heavy (non-hydrogen) atoms. The molecule has 48 valence electrons. The van der Waals surface area contributed by atoms with Gasteiger partial charge in [0.05, 0.1) is 0 Å². The summed E-state index contributed by atoms with van der Waals surface area (Å²) in [6, 6.07) is 0.231. The number of nitrogens with one attached hydrogen (secondary N) is 1. The molecule has 0 aliphatic rings. The van der Waals surface area contributed by atoms with Gasteiger partial charge in [-0.05, 0) is 10.3 Å². The van der Waals surface area contributed by atoms with E-state index in [1.165, 1.54) is 0 Å². The molecule has 0 fully saturated rings. The molecule has 0 aromatic heterocycles. The third-order valence-electron chi connectivity index (χ3n) is 1.34. The van der Waals surface area contributed by atoms with Crippen molar-refractivity contribution in [2.45, 2.75) is 32.7 Å². The van der Waals surface area contributed by atoms with E-state index in [1.54, 1.807) is 0 Å². The van der Waals surface area contributed by atoms with Gasteiger partial charge in [-0.1, -0.05) is 13.8 Å². The molecule has 0 radical (unpaired) electrons. The SMILES string of the molecule is CCC(CC)[N+](=N)N. The number of hydrazine groups is 1. The third kappa shape index (κ3) is 1.91. The summed E-state index contributed by atoms with van der Waals surface area (Å²) in [5.74, 6) is 5.16. The van der Waals surface area contributed by atoms with Gasteiger partial charge in [-0.3, -0.25) is 0 Å². The van der Waals surface area contributed by atoms with Crippen molar-refractivity contribution >= 4 is 0 Å². The van der Waals surface area contributed by atoms with E-state index in [9.17, 15) is 0 Å². The van der Waals surface area contributed by atoms with E-state index < -0.39 is 0 Å². The molecule has 0 aromatic carbocycles. The fourth-order valence-electron chi connectivity index (χ4n) is 0.682. The molecule has 0 aliphatic heterocycles. The smallest absolute Gasteiger partial charge is 0.186 e. The van der Waals surface area contributed by atoms with Crippen LogP contribution in [0.3, 0.4) is 0 Å². The first-order valence-electron chi connectivity index (χ1n) is 2.97. The van der Waals surface area contributed by atoms with E-state index in [0.29, 0.717) is 0 Å². The minimum atomic E-state index is 0.231. The largest absolute Gasteiger partial charge is 0.208 e. The van der Waals surface area contributed by atoms with E-state index >= 15 is 0 Å². The van der Waals surface area contributed by atoms with Crippen LogP contribution in [0.2, 0.25) is 0 Å². The van der Waals surface area contributed by atoms with Gasteiger partial charge in [-0.15, -0.1) is 0 Å². The first kappa shape index (κ1) is 7.40. The van der Waals surface area contributed by atoms with Crippen LogP contribution >= 0.6 is 0 Å². The van der Waals surface area contributed by atoms with Gasteiger partial charge in [-0.2, -0.15) is 5.84 Å². The van der Waals surface area contributed by atoms with Crippen LogP contribution < -0.4 is 5.84 Å². The monoisotopic (exact) mass is 116 g/mol. The van der Waals surface area contributed by atoms with Gasteiger partial charge in [0.15, 0.2) is 0 Å². The van der Waals surface area contributed by atoms with Crippen LogP contribution in [-0.2, 0) is 0 Å². The Morgan fingerprint density at radius 3 is 1.88 bits per heavy atom. The first-order valence-corrected chi connectivity index (χ1v) is 2.97. The van der Waals surface area contributed by atoms with Gasteiger partial charge in [0.2, 0.25) is 6.04 Å². The Labute approximate surface area is 50.0 Å². The van der Waals surface area contributed by atoms with E-state index in [0.717, 1.165) is 17.6 Å². The molecule has 3 N–H and O–H groups in total. The zero-order valence-corrected chi connectivity index (χ0v) is 5.52. The van der Waals surface area contributed by atoms with Crippen molar-refractivity contribution in [1.82, 2.24) is 0 Å². The van der Waals surface area contributed by atoms with E-state index in [1.807, 2.05) is 13.8 Å². The first-order chi connectivity index (χ1) is 3.72. The van der Waals surface area contributed by atoms with Crippen molar-refractivity contribution in [3.63, 3.8) is 0 Å². The van der Waals surface area contributed by atoms with Crippen LogP contribution in [0.4, 0.5) is 0 Å². The molecule has 3 nitrogen and oxygen atoms in total. The number of rotatable bonds is 3. The van der Waals surface area contributed by atoms with Crippen LogP contribution in [0, 0.1) is 5.53 Å². The minimum Gasteiger partial charge on any atom is -0.186 e.